The molecule has 0 radical (unpaired) electrons. The largest absolute Gasteiger partial charge is 0.464 e. The van der Waals surface area contributed by atoms with E-state index in [2.05, 4.69) is 18.2 Å². The molecule has 0 atom stereocenters. The van der Waals surface area contributed by atoms with E-state index in [4.69, 9.17) is 9.47 Å². The molecule has 18 heavy (non-hydrogen) atoms. The molecular formula is C13H17NO4. The predicted molar refractivity (Wildman–Crippen MR) is 67.4 cm³/mol. The number of esters is 2. The van der Waals surface area contributed by atoms with Crippen LogP contribution in [-0.2, 0) is 19.1 Å². The molecular weight excluding hydrogens is 234 g/mol. The highest BCUT2D eigenvalue weighted by Gasteiger charge is 2.50. The Morgan fingerprint density at radius 3 is 2.17 bits per heavy atom. The molecule has 0 aromatic carbocycles. The molecule has 0 unspecified atom stereocenters. The Morgan fingerprint density at radius 2 is 1.78 bits per heavy atom. The minimum Gasteiger partial charge on any atom is -0.464 e. The summed E-state index contributed by atoms with van der Waals surface area (Å²) >= 11 is 0. The molecule has 1 aliphatic rings. The molecule has 1 heterocycles. The first kappa shape index (κ1) is 14.2. The first-order valence-corrected chi connectivity index (χ1v) is 5.74. The molecule has 0 bridgehead atoms. The van der Waals surface area contributed by atoms with Crippen LogP contribution in [-0.4, -0.2) is 36.9 Å². The van der Waals surface area contributed by atoms with Gasteiger partial charge < -0.3 is 9.47 Å². The summed E-state index contributed by atoms with van der Waals surface area (Å²) in [5.74, 6) is -1.43. The zero-order chi connectivity index (χ0) is 13.8. The number of hydrogen-bond acceptors (Lipinski definition) is 5. The summed E-state index contributed by atoms with van der Waals surface area (Å²) in [5.41, 5.74) is -0.491. The van der Waals surface area contributed by atoms with Gasteiger partial charge in [0, 0.05) is 12.6 Å². The van der Waals surface area contributed by atoms with E-state index >= 15 is 0 Å². The van der Waals surface area contributed by atoms with Gasteiger partial charge in [-0.3, -0.25) is 4.99 Å². The third-order valence-corrected chi connectivity index (χ3v) is 2.59. The van der Waals surface area contributed by atoms with Crippen molar-refractivity contribution in [1.82, 2.24) is 0 Å². The van der Waals surface area contributed by atoms with Gasteiger partial charge in [-0.25, -0.2) is 9.59 Å². The third-order valence-electron chi connectivity index (χ3n) is 2.59. The van der Waals surface area contributed by atoms with Gasteiger partial charge in [0.15, 0.2) is 0 Å². The molecule has 0 aromatic heterocycles. The van der Waals surface area contributed by atoms with Crippen LogP contribution in [0.4, 0.5) is 0 Å². The highest BCUT2D eigenvalue weighted by Crippen LogP contribution is 2.30. The third kappa shape index (κ3) is 2.50. The zero-order valence-corrected chi connectivity index (χ0v) is 10.7. The number of aliphatic imine (C=N–C) groups is 1. The zero-order valence-electron chi connectivity index (χ0n) is 10.7. The normalized spacial score (nSPS) is 17.4. The molecule has 5 heteroatoms. The fourth-order valence-corrected chi connectivity index (χ4v) is 1.58. The molecule has 0 N–H and O–H groups in total. The van der Waals surface area contributed by atoms with Gasteiger partial charge in [0.1, 0.15) is 0 Å². The predicted octanol–water partition coefficient (Wildman–Crippen LogP) is 1.44. The van der Waals surface area contributed by atoms with Crippen molar-refractivity contribution in [3.05, 3.63) is 24.3 Å². The molecule has 0 saturated carbocycles. The van der Waals surface area contributed by atoms with Gasteiger partial charge in [-0.2, -0.15) is 0 Å². The van der Waals surface area contributed by atoms with Crippen molar-refractivity contribution in [2.75, 3.05) is 13.2 Å². The Kier molecular flexibility index (Phi) is 4.42. The van der Waals surface area contributed by atoms with Crippen LogP contribution in [0, 0.1) is 0 Å². The molecule has 1 aliphatic heterocycles. The summed E-state index contributed by atoms with van der Waals surface area (Å²) in [5, 5.41) is 0. The minimum atomic E-state index is -1.66. The van der Waals surface area contributed by atoms with Crippen molar-refractivity contribution in [3.8, 4) is 0 Å². The fourth-order valence-electron chi connectivity index (χ4n) is 1.58. The van der Waals surface area contributed by atoms with Crippen LogP contribution in [0.25, 0.3) is 0 Å². The van der Waals surface area contributed by atoms with Crippen molar-refractivity contribution in [1.29, 1.82) is 0 Å². The van der Waals surface area contributed by atoms with Crippen molar-refractivity contribution < 1.29 is 19.1 Å². The SMILES string of the molecule is C=C1C=NC(C(=O)OCC)(C(=O)OCC)CC1=C. The maximum Gasteiger partial charge on any atom is 0.346 e. The maximum atomic E-state index is 12.0. The van der Waals surface area contributed by atoms with Crippen LogP contribution in [0.2, 0.25) is 0 Å². The van der Waals surface area contributed by atoms with Crippen LogP contribution < -0.4 is 0 Å². The van der Waals surface area contributed by atoms with E-state index in [0.29, 0.717) is 11.1 Å². The lowest BCUT2D eigenvalue weighted by atomic mass is 9.86. The standard InChI is InChI=1S/C13H17NO4/c1-5-17-11(15)13(12(16)18-6-2)7-9(3)10(4)8-14-13/h8H,3-7H2,1-2H3. The number of carbonyl (C=O) groups is 2. The van der Waals surface area contributed by atoms with Gasteiger partial charge in [-0.1, -0.05) is 13.2 Å². The highest BCUT2D eigenvalue weighted by atomic mass is 16.6. The van der Waals surface area contributed by atoms with Gasteiger partial charge in [0.05, 0.1) is 13.2 Å². The average molecular weight is 251 g/mol. The van der Waals surface area contributed by atoms with Gasteiger partial charge in [-0.15, -0.1) is 0 Å². The van der Waals surface area contributed by atoms with Gasteiger partial charge in [0.2, 0.25) is 0 Å². The van der Waals surface area contributed by atoms with Crippen molar-refractivity contribution in [2.24, 2.45) is 4.99 Å². The molecule has 0 fully saturated rings. The number of carbonyl (C=O) groups excluding carboxylic acids is 2. The van der Waals surface area contributed by atoms with E-state index in [1.54, 1.807) is 13.8 Å². The van der Waals surface area contributed by atoms with Crippen molar-refractivity contribution in [2.45, 2.75) is 25.8 Å². The van der Waals surface area contributed by atoms with Crippen molar-refractivity contribution in [3.63, 3.8) is 0 Å². The number of allylic oxidation sites excluding steroid dienone is 1. The smallest absolute Gasteiger partial charge is 0.346 e. The molecule has 0 saturated heterocycles. The molecule has 0 spiro atoms. The van der Waals surface area contributed by atoms with Crippen LogP contribution in [0.5, 0.6) is 0 Å². The van der Waals surface area contributed by atoms with Crippen LogP contribution in [0.15, 0.2) is 29.3 Å². The van der Waals surface area contributed by atoms with E-state index in [9.17, 15) is 9.59 Å². The lowest BCUT2D eigenvalue weighted by Gasteiger charge is -2.29. The van der Waals surface area contributed by atoms with Gasteiger partial charge >= 0.3 is 11.9 Å². The van der Waals surface area contributed by atoms with Gasteiger partial charge in [-0.05, 0) is 25.0 Å². The Labute approximate surface area is 106 Å². The number of hydrogen-bond donors (Lipinski definition) is 0. The molecule has 98 valence electrons. The summed E-state index contributed by atoms with van der Waals surface area (Å²) in [6.45, 7) is 11.2. The van der Waals surface area contributed by atoms with E-state index in [0.717, 1.165) is 0 Å². The van der Waals surface area contributed by atoms with Gasteiger partial charge in [0.25, 0.3) is 5.54 Å². The van der Waals surface area contributed by atoms with Crippen LogP contribution in [0.1, 0.15) is 20.3 Å². The van der Waals surface area contributed by atoms with E-state index in [1.807, 2.05) is 0 Å². The second kappa shape index (κ2) is 5.62. The summed E-state index contributed by atoms with van der Waals surface area (Å²) in [7, 11) is 0. The first-order valence-electron chi connectivity index (χ1n) is 5.74. The van der Waals surface area contributed by atoms with Crippen LogP contribution in [0.3, 0.4) is 0 Å². The van der Waals surface area contributed by atoms with E-state index in [-0.39, 0.29) is 19.6 Å². The van der Waals surface area contributed by atoms with Crippen molar-refractivity contribution >= 4 is 18.2 Å². The number of rotatable bonds is 4. The lowest BCUT2D eigenvalue weighted by molar-refractivity contribution is -0.163. The average Bonchev–Trinajstić information content (AvgIpc) is 2.33. The Balaban J connectivity index is 3.14. The highest BCUT2D eigenvalue weighted by molar-refractivity contribution is 6.09. The van der Waals surface area contributed by atoms with Crippen LogP contribution >= 0.6 is 0 Å². The lowest BCUT2D eigenvalue weighted by Crippen LogP contribution is -2.49. The molecule has 5 nitrogen and oxygen atoms in total. The molecule has 0 amide bonds. The molecule has 0 aromatic rings. The van der Waals surface area contributed by atoms with E-state index in [1.165, 1.54) is 6.21 Å². The Hall–Kier alpha value is -1.91. The minimum absolute atomic E-state index is 0.0417. The fraction of sp³-hybridized carbons (Fsp3) is 0.462. The Bertz CT molecular complexity index is 405. The molecule has 1 rings (SSSR count). The summed E-state index contributed by atoms with van der Waals surface area (Å²) in [4.78, 5) is 28.0. The summed E-state index contributed by atoms with van der Waals surface area (Å²) < 4.78 is 9.82. The summed E-state index contributed by atoms with van der Waals surface area (Å²) in [6, 6.07) is 0. The first-order chi connectivity index (χ1) is 8.47. The second-order valence-electron chi connectivity index (χ2n) is 3.86. The molecule has 0 aliphatic carbocycles. The monoisotopic (exact) mass is 251 g/mol. The summed E-state index contributed by atoms with van der Waals surface area (Å²) in [6.07, 6.45) is 1.40. The van der Waals surface area contributed by atoms with E-state index < -0.39 is 17.5 Å². The topological polar surface area (TPSA) is 65.0 Å². The number of nitrogens with zero attached hydrogens (tertiary/aromatic N) is 1. The maximum absolute atomic E-state index is 12.0. The number of ether oxygens (including phenoxy) is 2. The quantitative estimate of drug-likeness (QED) is 0.560. The Morgan fingerprint density at radius 1 is 1.28 bits per heavy atom. The second-order valence-corrected chi connectivity index (χ2v) is 3.86.